The minimum absolute atomic E-state index is 0.942. The Hall–Kier alpha value is -1.05. The van der Waals surface area contributed by atoms with E-state index in [4.69, 9.17) is 0 Å². The average Bonchev–Trinajstić information content (AvgIpc) is 2.18. The molecule has 2 rings (SSSR count). The van der Waals surface area contributed by atoms with Gasteiger partial charge in [0.25, 0.3) is 0 Å². The predicted octanol–water partition coefficient (Wildman–Crippen LogP) is 2.37. The molecule has 0 radical (unpaired) electrons. The zero-order valence-corrected chi connectivity index (χ0v) is 8.54. The summed E-state index contributed by atoms with van der Waals surface area (Å²) in [5.74, 6) is 0. The monoisotopic (exact) mass is 191 g/mol. The molecule has 2 bridgehead atoms. The molecule has 0 unspecified atom stereocenters. The van der Waals surface area contributed by atoms with E-state index >= 15 is 0 Å². The molecule has 2 heterocycles. The van der Waals surface area contributed by atoms with Crippen LogP contribution in [0.25, 0.3) is 0 Å². The third-order valence-corrected chi connectivity index (χ3v) is 2.96. The third-order valence-electron chi connectivity index (χ3n) is 2.96. The fourth-order valence-corrected chi connectivity index (χ4v) is 2.10. The van der Waals surface area contributed by atoms with E-state index in [2.05, 4.69) is 0 Å². The molecular weight excluding hydrogens is 174 g/mol. The SMILES string of the molecule is [O-][n+]1c2cccc1CCCCCCC2. The summed E-state index contributed by atoms with van der Waals surface area (Å²) in [5.41, 5.74) is 1.90. The van der Waals surface area contributed by atoms with E-state index in [1.807, 2.05) is 18.2 Å². The van der Waals surface area contributed by atoms with E-state index < -0.39 is 0 Å². The Kier molecular flexibility index (Phi) is 3.02. The number of fused-ring (bicyclic) bond motifs is 2. The molecule has 2 nitrogen and oxygen atoms in total. The molecule has 76 valence electrons. The fourth-order valence-electron chi connectivity index (χ4n) is 2.10. The molecule has 1 aromatic rings. The van der Waals surface area contributed by atoms with E-state index in [0.29, 0.717) is 0 Å². The average molecular weight is 191 g/mol. The molecule has 0 spiro atoms. The Morgan fingerprint density at radius 2 is 1.36 bits per heavy atom. The van der Waals surface area contributed by atoms with E-state index in [9.17, 15) is 5.21 Å². The lowest BCUT2D eigenvalue weighted by atomic mass is 10.0. The van der Waals surface area contributed by atoms with Crippen molar-refractivity contribution in [2.75, 3.05) is 0 Å². The molecule has 1 aliphatic rings. The fraction of sp³-hybridized carbons (Fsp3) is 0.583. The van der Waals surface area contributed by atoms with Gasteiger partial charge in [-0.2, -0.15) is 4.73 Å². The van der Waals surface area contributed by atoms with Gasteiger partial charge in [-0.3, -0.25) is 0 Å². The van der Waals surface area contributed by atoms with Crippen molar-refractivity contribution in [2.24, 2.45) is 0 Å². The highest BCUT2D eigenvalue weighted by Gasteiger charge is 2.11. The number of hydrogen-bond acceptors (Lipinski definition) is 1. The normalized spacial score (nSPS) is 17.7. The second-order valence-electron chi connectivity index (χ2n) is 4.07. The maximum atomic E-state index is 11.8. The Bertz CT molecular complexity index is 283. The molecule has 0 saturated carbocycles. The smallest absolute Gasteiger partial charge is 0.193 e. The molecule has 1 aliphatic heterocycles. The van der Waals surface area contributed by atoms with Gasteiger partial charge in [-0.15, -0.1) is 0 Å². The molecule has 0 aromatic carbocycles. The lowest BCUT2D eigenvalue weighted by molar-refractivity contribution is -0.622. The summed E-state index contributed by atoms with van der Waals surface area (Å²) in [5, 5.41) is 11.8. The van der Waals surface area contributed by atoms with Gasteiger partial charge >= 0.3 is 0 Å². The molecule has 0 N–H and O–H groups in total. The second kappa shape index (κ2) is 4.45. The van der Waals surface area contributed by atoms with Crippen LogP contribution in [0.5, 0.6) is 0 Å². The summed E-state index contributed by atoms with van der Waals surface area (Å²) in [7, 11) is 0. The maximum absolute atomic E-state index is 11.8. The molecule has 0 saturated heterocycles. The summed E-state index contributed by atoms with van der Waals surface area (Å²) in [6.45, 7) is 0. The first-order chi connectivity index (χ1) is 6.88. The van der Waals surface area contributed by atoms with Crippen LogP contribution in [0.3, 0.4) is 0 Å². The molecule has 0 atom stereocenters. The zero-order chi connectivity index (χ0) is 9.80. The molecule has 2 heteroatoms. The van der Waals surface area contributed by atoms with Crippen LogP contribution < -0.4 is 4.73 Å². The van der Waals surface area contributed by atoms with Crippen LogP contribution in [0, 0.1) is 5.21 Å². The lowest BCUT2D eigenvalue weighted by Gasteiger charge is -2.11. The number of hydrogen-bond donors (Lipinski definition) is 0. The molecular formula is C12H17NO. The van der Waals surface area contributed by atoms with Gasteiger partial charge in [0.05, 0.1) is 0 Å². The summed E-state index contributed by atoms with van der Waals surface area (Å²) in [4.78, 5) is 0. The maximum Gasteiger partial charge on any atom is 0.193 e. The van der Waals surface area contributed by atoms with Gasteiger partial charge in [-0.25, -0.2) is 0 Å². The molecule has 1 aromatic heterocycles. The summed E-state index contributed by atoms with van der Waals surface area (Å²) < 4.78 is 1.14. The van der Waals surface area contributed by atoms with Crippen molar-refractivity contribution in [1.29, 1.82) is 0 Å². The largest absolute Gasteiger partial charge is 0.618 e. The van der Waals surface area contributed by atoms with Gasteiger partial charge in [-0.1, -0.05) is 19.3 Å². The summed E-state index contributed by atoms with van der Waals surface area (Å²) in [6, 6.07) is 5.93. The Morgan fingerprint density at radius 3 is 1.93 bits per heavy atom. The van der Waals surface area contributed by atoms with Crippen molar-refractivity contribution in [3.05, 3.63) is 34.8 Å². The highest BCUT2D eigenvalue weighted by atomic mass is 16.5. The van der Waals surface area contributed by atoms with E-state index in [1.165, 1.54) is 19.3 Å². The van der Waals surface area contributed by atoms with Gasteiger partial charge < -0.3 is 5.21 Å². The molecule has 0 amide bonds. The highest BCUT2D eigenvalue weighted by molar-refractivity contribution is 5.05. The van der Waals surface area contributed by atoms with E-state index in [0.717, 1.165) is 41.8 Å². The van der Waals surface area contributed by atoms with Crippen molar-refractivity contribution in [3.8, 4) is 0 Å². The van der Waals surface area contributed by atoms with Crippen LogP contribution in [0.2, 0.25) is 0 Å². The number of nitrogens with zero attached hydrogens (tertiary/aromatic N) is 1. The topological polar surface area (TPSA) is 26.9 Å². The van der Waals surface area contributed by atoms with Crippen molar-refractivity contribution in [2.45, 2.75) is 44.9 Å². The van der Waals surface area contributed by atoms with Gasteiger partial charge in [0.2, 0.25) is 0 Å². The first-order valence-electron chi connectivity index (χ1n) is 5.58. The van der Waals surface area contributed by atoms with Crippen molar-refractivity contribution in [3.63, 3.8) is 0 Å². The summed E-state index contributed by atoms with van der Waals surface area (Å²) in [6.07, 6.45) is 8.06. The first kappa shape index (κ1) is 9.50. The number of aromatic nitrogens is 1. The molecule has 14 heavy (non-hydrogen) atoms. The summed E-state index contributed by atoms with van der Waals surface area (Å²) >= 11 is 0. The van der Waals surface area contributed by atoms with Crippen molar-refractivity contribution < 1.29 is 4.73 Å². The van der Waals surface area contributed by atoms with Crippen LogP contribution in [-0.4, -0.2) is 0 Å². The minimum Gasteiger partial charge on any atom is -0.618 e. The zero-order valence-electron chi connectivity index (χ0n) is 8.54. The molecule has 0 aliphatic carbocycles. The number of aryl methyl sites for hydroxylation is 2. The first-order valence-corrected chi connectivity index (χ1v) is 5.58. The van der Waals surface area contributed by atoms with Gasteiger partial charge in [-0.05, 0) is 18.9 Å². The van der Waals surface area contributed by atoms with Crippen LogP contribution in [0.1, 0.15) is 43.5 Å². The van der Waals surface area contributed by atoms with Crippen LogP contribution in [0.4, 0.5) is 0 Å². The second-order valence-corrected chi connectivity index (χ2v) is 4.07. The van der Waals surface area contributed by atoms with Crippen molar-refractivity contribution in [1.82, 2.24) is 0 Å². The Balaban J connectivity index is 2.25. The minimum atomic E-state index is 0.942. The van der Waals surface area contributed by atoms with Crippen LogP contribution >= 0.6 is 0 Å². The van der Waals surface area contributed by atoms with Crippen molar-refractivity contribution >= 4 is 0 Å². The molecule has 0 fully saturated rings. The van der Waals surface area contributed by atoms with E-state index in [-0.39, 0.29) is 0 Å². The quantitative estimate of drug-likeness (QED) is 0.457. The highest BCUT2D eigenvalue weighted by Crippen LogP contribution is 2.12. The van der Waals surface area contributed by atoms with Gasteiger partial charge in [0, 0.05) is 25.0 Å². The standard InChI is InChI=1S/C12H17NO/c14-13-11-7-4-2-1-3-5-8-12(13)10-6-9-11/h6,9-10H,1-5,7-8H2. The predicted molar refractivity (Wildman–Crippen MR) is 55.9 cm³/mol. The van der Waals surface area contributed by atoms with Gasteiger partial charge in [0.1, 0.15) is 0 Å². The van der Waals surface area contributed by atoms with Gasteiger partial charge in [0.15, 0.2) is 11.4 Å². The lowest BCUT2D eigenvalue weighted by Crippen LogP contribution is -2.36. The number of pyridine rings is 1. The van der Waals surface area contributed by atoms with E-state index in [1.54, 1.807) is 0 Å². The van der Waals surface area contributed by atoms with Crippen LogP contribution in [0.15, 0.2) is 18.2 Å². The Labute approximate surface area is 85.2 Å². The van der Waals surface area contributed by atoms with Crippen LogP contribution in [-0.2, 0) is 12.8 Å². The Morgan fingerprint density at radius 1 is 0.857 bits per heavy atom. The third kappa shape index (κ3) is 2.06. The number of rotatable bonds is 0.